The Bertz CT molecular complexity index is 352. The van der Waals surface area contributed by atoms with Gasteiger partial charge >= 0.3 is 0 Å². The molecule has 0 radical (unpaired) electrons. The summed E-state index contributed by atoms with van der Waals surface area (Å²) in [5, 5.41) is 3.21. The number of amidine groups is 1. The lowest BCUT2D eigenvalue weighted by molar-refractivity contribution is -0.147. The molecular weight excluding hydrogens is 218 g/mol. The lowest BCUT2D eigenvalue weighted by Crippen LogP contribution is -2.52. The number of likely N-dealkylation sites (tertiary alicyclic amines) is 1. The van der Waals surface area contributed by atoms with Gasteiger partial charge in [-0.25, -0.2) is 0 Å². The maximum absolute atomic E-state index is 11.9. The number of hydrogen-bond donors (Lipinski definition) is 1. The molecular formula is C12H19N3O2. The van der Waals surface area contributed by atoms with Crippen molar-refractivity contribution >= 4 is 17.6 Å². The largest absolute Gasteiger partial charge is 0.362 e. The first-order chi connectivity index (χ1) is 8.18. The minimum Gasteiger partial charge on any atom is -0.362 e. The highest BCUT2D eigenvalue weighted by atomic mass is 16.2. The van der Waals surface area contributed by atoms with Gasteiger partial charge < -0.3 is 5.32 Å². The van der Waals surface area contributed by atoms with Gasteiger partial charge in [-0.05, 0) is 19.3 Å². The number of aliphatic imine (C=N–C) groups is 1. The molecule has 1 saturated heterocycles. The van der Waals surface area contributed by atoms with Gasteiger partial charge in [-0.1, -0.05) is 6.42 Å². The highest BCUT2D eigenvalue weighted by Gasteiger charge is 2.32. The van der Waals surface area contributed by atoms with Crippen molar-refractivity contribution in [3.05, 3.63) is 0 Å². The van der Waals surface area contributed by atoms with Crippen LogP contribution in [0.15, 0.2) is 4.99 Å². The molecule has 1 N–H and O–H groups in total. The summed E-state index contributed by atoms with van der Waals surface area (Å²) < 4.78 is 0. The Balaban J connectivity index is 1.96. The summed E-state index contributed by atoms with van der Waals surface area (Å²) in [6.45, 7) is 0.845. The lowest BCUT2D eigenvalue weighted by atomic mass is 10.0. The van der Waals surface area contributed by atoms with Crippen LogP contribution in [0.5, 0.6) is 0 Å². The summed E-state index contributed by atoms with van der Waals surface area (Å²) in [7, 11) is 1.55. The zero-order valence-electron chi connectivity index (χ0n) is 10.2. The number of nitrogens with one attached hydrogen (secondary N) is 1. The van der Waals surface area contributed by atoms with Gasteiger partial charge in [0.05, 0.1) is 5.84 Å². The fourth-order valence-corrected chi connectivity index (χ4v) is 2.24. The zero-order valence-corrected chi connectivity index (χ0v) is 10.2. The van der Waals surface area contributed by atoms with E-state index in [9.17, 15) is 9.59 Å². The van der Waals surface area contributed by atoms with E-state index in [1.807, 2.05) is 0 Å². The molecule has 94 valence electrons. The van der Waals surface area contributed by atoms with Crippen LogP contribution in [0.1, 0.15) is 38.5 Å². The zero-order chi connectivity index (χ0) is 12.3. The number of carbonyl (C=O) groups is 2. The highest BCUT2D eigenvalue weighted by molar-refractivity contribution is 6.01. The number of piperidine rings is 1. The predicted molar refractivity (Wildman–Crippen MR) is 64.7 cm³/mol. The number of likely N-dealkylation sites (N-methyl/N-ethyl adjacent to an activating group) is 1. The minimum absolute atomic E-state index is 0.0872. The standard InChI is InChI=1S/C12H19N3O2/c1-15-11(16)7-6-9(12(15)17)14-10-5-3-2-4-8-13-10/h9H,2-8H2,1H3,(H,13,14). The maximum atomic E-state index is 11.9. The van der Waals surface area contributed by atoms with E-state index in [0.29, 0.717) is 12.8 Å². The van der Waals surface area contributed by atoms with Crippen molar-refractivity contribution in [1.82, 2.24) is 10.2 Å². The lowest BCUT2D eigenvalue weighted by Gasteiger charge is -2.29. The van der Waals surface area contributed by atoms with Gasteiger partial charge in [0, 0.05) is 26.4 Å². The molecule has 2 rings (SSSR count). The van der Waals surface area contributed by atoms with Gasteiger partial charge in [0.2, 0.25) is 5.91 Å². The monoisotopic (exact) mass is 237 g/mol. The molecule has 0 bridgehead atoms. The SMILES string of the molecule is CN1C(=O)CCC(NC2=NCCCCC2)C1=O. The van der Waals surface area contributed by atoms with Crippen LogP contribution in [-0.4, -0.2) is 42.2 Å². The average molecular weight is 237 g/mol. The molecule has 1 atom stereocenters. The molecule has 0 aromatic rings. The van der Waals surface area contributed by atoms with E-state index in [2.05, 4.69) is 10.3 Å². The number of carbonyl (C=O) groups excluding carboxylic acids is 2. The first-order valence-electron chi connectivity index (χ1n) is 6.29. The summed E-state index contributed by atoms with van der Waals surface area (Å²) in [5.41, 5.74) is 0. The Kier molecular flexibility index (Phi) is 3.76. The van der Waals surface area contributed by atoms with Crippen molar-refractivity contribution in [1.29, 1.82) is 0 Å². The smallest absolute Gasteiger partial charge is 0.251 e. The number of imide groups is 1. The molecule has 5 heteroatoms. The van der Waals surface area contributed by atoms with E-state index in [1.165, 1.54) is 11.3 Å². The van der Waals surface area contributed by atoms with Crippen LogP contribution in [0.4, 0.5) is 0 Å². The molecule has 1 fully saturated rings. The number of hydrogen-bond acceptors (Lipinski definition) is 4. The maximum Gasteiger partial charge on any atom is 0.251 e. The number of amides is 2. The van der Waals surface area contributed by atoms with Crippen LogP contribution < -0.4 is 5.32 Å². The first-order valence-corrected chi connectivity index (χ1v) is 6.29. The van der Waals surface area contributed by atoms with Crippen molar-refractivity contribution in [3.63, 3.8) is 0 Å². The van der Waals surface area contributed by atoms with Gasteiger partial charge in [0.1, 0.15) is 6.04 Å². The molecule has 0 aromatic heterocycles. The second-order valence-corrected chi connectivity index (χ2v) is 4.67. The highest BCUT2D eigenvalue weighted by Crippen LogP contribution is 2.13. The van der Waals surface area contributed by atoms with E-state index in [1.54, 1.807) is 7.05 Å². The minimum atomic E-state index is -0.269. The van der Waals surface area contributed by atoms with E-state index in [0.717, 1.165) is 31.6 Å². The molecule has 0 saturated carbocycles. The van der Waals surface area contributed by atoms with Crippen LogP contribution in [0.3, 0.4) is 0 Å². The average Bonchev–Trinajstić information content (AvgIpc) is 2.59. The Morgan fingerprint density at radius 2 is 2.06 bits per heavy atom. The molecule has 17 heavy (non-hydrogen) atoms. The van der Waals surface area contributed by atoms with Crippen molar-refractivity contribution in [2.24, 2.45) is 4.99 Å². The molecule has 2 aliphatic rings. The van der Waals surface area contributed by atoms with Crippen molar-refractivity contribution in [2.75, 3.05) is 13.6 Å². The molecule has 2 aliphatic heterocycles. The topological polar surface area (TPSA) is 61.8 Å². The summed E-state index contributed by atoms with van der Waals surface area (Å²) in [6, 6.07) is -0.269. The van der Waals surface area contributed by atoms with Crippen LogP contribution in [-0.2, 0) is 9.59 Å². The van der Waals surface area contributed by atoms with E-state index >= 15 is 0 Å². The molecule has 1 unspecified atom stereocenters. The second-order valence-electron chi connectivity index (χ2n) is 4.67. The van der Waals surface area contributed by atoms with E-state index < -0.39 is 0 Å². The van der Waals surface area contributed by atoms with Crippen LogP contribution in [0, 0.1) is 0 Å². The molecule has 0 aliphatic carbocycles. The van der Waals surface area contributed by atoms with Gasteiger partial charge in [-0.3, -0.25) is 19.5 Å². The van der Waals surface area contributed by atoms with Gasteiger partial charge in [0.25, 0.3) is 5.91 Å². The second kappa shape index (κ2) is 5.29. The van der Waals surface area contributed by atoms with Gasteiger partial charge in [-0.15, -0.1) is 0 Å². The van der Waals surface area contributed by atoms with E-state index in [-0.39, 0.29) is 17.9 Å². The van der Waals surface area contributed by atoms with Crippen molar-refractivity contribution in [3.8, 4) is 0 Å². The van der Waals surface area contributed by atoms with Crippen LogP contribution in [0.2, 0.25) is 0 Å². The summed E-state index contributed by atoms with van der Waals surface area (Å²) in [4.78, 5) is 28.9. The molecule has 2 amide bonds. The molecule has 0 spiro atoms. The third kappa shape index (κ3) is 2.84. The Hall–Kier alpha value is -1.39. The van der Waals surface area contributed by atoms with Crippen molar-refractivity contribution in [2.45, 2.75) is 44.6 Å². The quantitative estimate of drug-likeness (QED) is 0.683. The Labute approximate surface area is 101 Å². The molecule has 5 nitrogen and oxygen atoms in total. The van der Waals surface area contributed by atoms with Gasteiger partial charge in [-0.2, -0.15) is 0 Å². The third-order valence-electron chi connectivity index (χ3n) is 3.36. The fourth-order valence-electron chi connectivity index (χ4n) is 2.24. The van der Waals surface area contributed by atoms with Crippen LogP contribution >= 0.6 is 0 Å². The summed E-state index contributed by atoms with van der Waals surface area (Å²) in [5.74, 6) is 0.715. The molecule has 2 heterocycles. The third-order valence-corrected chi connectivity index (χ3v) is 3.36. The number of nitrogens with zero attached hydrogens (tertiary/aromatic N) is 2. The molecule has 0 aromatic carbocycles. The normalized spacial score (nSPS) is 26.5. The summed E-state index contributed by atoms with van der Waals surface area (Å²) in [6.07, 6.45) is 5.39. The summed E-state index contributed by atoms with van der Waals surface area (Å²) >= 11 is 0. The first kappa shape index (κ1) is 12.1. The Morgan fingerprint density at radius 1 is 1.24 bits per heavy atom. The Morgan fingerprint density at radius 3 is 2.88 bits per heavy atom. The number of rotatable bonds is 1. The van der Waals surface area contributed by atoms with Crippen LogP contribution in [0.25, 0.3) is 0 Å². The predicted octanol–water partition coefficient (Wildman–Crippen LogP) is 0.696. The van der Waals surface area contributed by atoms with Gasteiger partial charge in [0.15, 0.2) is 0 Å². The van der Waals surface area contributed by atoms with E-state index in [4.69, 9.17) is 0 Å². The van der Waals surface area contributed by atoms with Crippen molar-refractivity contribution < 1.29 is 9.59 Å². The fraction of sp³-hybridized carbons (Fsp3) is 0.750.